The maximum absolute atomic E-state index is 13.5. The van der Waals surface area contributed by atoms with Gasteiger partial charge < -0.3 is 14.7 Å². The molecule has 1 amide bonds. The molecule has 6 rings (SSSR count). The van der Waals surface area contributed by atoms with Crippen LogP contribution in [0.2, 0.25) is 5.02 Å². The van der Waals surface area contributed by atoms with Gasteiger partial charge in [0.25, 0.3) is 5.91 Å². The molecule has 0 unspecified atom stereocenters. The summed E-state index contributed by atoms with van der Waals surface area (Å²) in [4.78, 5) is 15.7. The third-order valence-electron chi connectivity index (χ3n) is 11.4. The van der Waals surface area contributed by atoms with Crippen LogP contribution in [-0.2, 0) is 21.9 Å². The van der Waals surface area contributed by atoms with Crippen molar-refractivity contribution >= 4 is 33.2 Å². The van der Waals surface area contributed by atoms with Gasteiger partial charge in [-0.15, -0.1) is 0 Å². The fourth-order valence-corrected chi connectivity index (χ4v) is 9.51. The van der Waals surface area contributed by atoms with Crippen LogP contribution in [0.4, 0.5) is 5.69 Å². The number of hydrogen-bond donors (Lipinski definition) is 2. The van der Waals surface area contributed by atoms with Gasteiger partial charge in [0.15, 0.2) is 0 Å². The van der Waals surface area contributed by atoms with E-state index in [1.54, 1.807) is 45.0 Å². The molecular formula is C36H44ClN3O5S. The second kappa shape index (κ2) is 11.9. The van der Waals surface area contributed by atoms with Gasteiger partial charge in [-0.3, -0.25) is 4.79 Å². The van der Waals surface area contributed by atoms with Gasteiger partial charge in [-0.2, -0.15) is 5.26 Å². The van der Waals surface area contributed by atoms with Gasteiger partial charge in [0, 0.05) is 29.1 Å². The molecule has 0 aromatic heterocycles. The van der Waals surface area contributed by atoms with Crippen molar-refractivity contribution in [1.82, 2.24) is 4.72 Å². The second-order valence-corrected chi connectivity index (χ2v) is 17.1. The number of anilines is 1. The predicted octanol–water partition coefficient (Wildman–Crippen LogP) is 6.16. The van der Waals surface area contributed by atoms with Crippen LogP contribution < -0.4 is 14.4 Å². The lowest BCUT2D eigenvalue weighted by Gasteiger charge is -2.52. The van der Waals surface area contributed by atoms with Gasteiger partial charge in [-0.1, -0.05) is 36.7 Å². The van der Waals surface area contributed by atoms with E-state index in [9.17, 15) is 23.6 Å². The van der Waals surface area contributed by atoms with Gasteiger partial charge in [-0.05, 0) is 119 Å². The third-order valence-corrected chi connectivity index (χ3v) is 13.6. The highest BCUT2D eigenvalue weighted by Crippen LogP contribution is 2.52. The number of benzene rings is 2. The first kappa shape index (κ1) is 32.9. The second-order valence-electron chi connectivity index (χ2n) is 14.6. The zero-order chi connectivity index (χ0) is 33.1. The minimum Gasteiger partial charge on any atom is -0.490 e. The first-order valence-corrected chi connectivity index (χ1v) is 18.3. The lowest BCUT2D eigenvalue weighted by molar-refractivity contribution is -0.0994. The van der Waals surface area contributed by atoms with Crippen molar-refractivity contribution in [2.45, 2.75) is 82.5 Å². The first-order chi connectivity index (χ1) is 21.7. The number of rotatable bonds is 1. The number of nitrogens with one attached hydrogen (secondary N) is 1. The fourth-order valence-electron chi connectivity index (χ4n) is 8.03. The molecule has 1 spiro atoms. The summed E-state index contributed by atoms with van der Waals surface area (Å²) >= 11 is 6.42. The number of nitriles is 1. The van der Waals surface area contributed by atoms with Crippen molar-refractivity contribution in [3.05, 3.63) is 70.3 Å². The number of ether oxygens (including phenoxy) is 1. The normalized spacial score (nSPS) is 33.2. The highest BCUT2D eigenvalue weighted by atomic mass is 35.5. The molecule has 4 aliphatic rings. The van der Waals surface area contributed by atoms with Crippen LogP contribution >= 0.6 is 11.6 Å². The van der Waals surface area contributed by atoms with Crippen molar-refractivity contribution in [3.8, 4) is 11.8 Å². The summed E-state index contributed by atoms with van der Waals surface area (Å²) in [6.07, 6.45) is 8.42. The van der Waals surface area contributed by atoms with Crippen LogP contribution in [0, 0.1) is 34.5 Å². The molecule has 2 N–H and O–H groups in total. The SMILES string of the molecule is C[C@@H]1[C@@H](C)C/C=C/[C@](O)(C(C)(C)C#N)[C@@H]2CC[C@H]2CN2C[C@@]3(CCCc4cc(Cl)ccc43)COc3ccc(cc32)C(=O)NS1(=O)=O. The summed E-state index contributed by atoms with van der Waals surface area (Å²) in [5, 5.41) is 22.4. The van der Waals surface area contributed by atoms with E-state index in [4.69, 9.17) is 16.3 Å². The molecule has 0 saturated heterocycles. The third kappa shape index (κ3) is 5.61. The monoisotopic (exact) mass is 665 g/mol. The number of aryl methyl sites for hydroxylation is 1. The Bertz CT molecular complexity index is 1720. The highest BCUT2D eigenvalue weighted by Gasteiger charge is 2.54. The summed E-state index contributed by atoms with van der Waals surface area (Å²) in [6, 6.07) is 13.6. The molecule has 1 fully saturated rings. The van der Waals surface area contributed by atoms with Gasteiger partial charge in [0.1, 0.15) is 11.4 Å². The van der Waals surface area contributed by atoms with Gasteiger partial charge in [0.05, 0.1) is 29.0 Å². The molecule has 246 valence electrons. The molecule has 2 aliphatic carbocycles. The molecule has 2 aromatic carbocycles. The minimum absolute atomic E-state index is 0.0701. The fraction of sp³-hybridized carbons (Fsp3) is 0.556. The van der Waals surface area contributed by atoms with Crippen LogP contribution in [0.5, 0.6) is 5.75 Å². The Labute approximate surface area is 277 Å². The molecule has 46 heavy (non-hydrogen) atoms. The summed E-state index contributed by atoms with van der Waals surface area (Å²) < 4.78 is 35.6. The van der Waals surface area contributed by atoms with E-state index in [1.165, 1.54) is 11.1 Å². The largest absolute Gasteiger partial charge is 0.490 e. The number of amides is 1. The van der Waals surface area contributed by atoms with E-state index in [-0.39, 0.29) is 28.7 Å². The number of fused-ring (bicyclic) bond motifs is 4. The summed E-state index contributed by atoms with van der Waals surface area (Å²) in [7, 11) is -4.01. The molecule has 2 bridgehead atoms. The lowest BCUT2D eigenvalue weighted by atomic mass is 9.56. The number of sulfonamides is 1. The maximum Gasteiger partial charge on any atom is 0.264 e. The molecule has 2 heterocycles. The average molecular weight is 666 g/mol. The van der Waals surface area contributed by atoms with E-state index in [2.05, 4.69) is 21.8 Å². The Kier molecular flexibility index (Phi) is 8.48. The summed E-state index contributed by atoms with van der Waals surface area (Å²) in [5.41, 5.74) is 0.553. The smallest absolute Gasteiger partial charge is 0.264 e. The zero-order valence-electron chi connectivity index (χ0n) is 27.1. The quantitative estimate of drug-likeness (QED) is 0.350. The number of allylic oxidation sites excluding steroid dienone is 1. The topological polar surface area (TPSA) is 120 Å². The van der Waals surface area contributed by atoms with Crippen LogP contribution in [0.15, 0.2) is 48.6 Å². The van der Waals surface area contributed by atoms with E-state index < -0.39 is 32.2 Å². The number of aliphatic hydroxyl groups is 1. The molecule has 2 aliphatic heterocycles. The molecule has 10 heteroatoms. The molecule has 2 aromatic rings. The molecule has 1 saturated carbocycles. The predicted molar refractivity (Wildman–Crippen MR) is 180 cm³/mol. The van der Waals surface area contributed by atoms with E-state index >= 15 is 0 Å². The molecule has 8 nitrogen and oxygen atoms in total. The Balaban J connectivity index is 1.48. The van der Waals surface area contributed by atoms with Gasteiger partial charge in [0.2, 0.25) is 10.0 Å². The molecule has 6 atom stereocenters. The van der Waals surface area contributed by atoms with Crippen LogP contribution in [-0.4, -0.2) is 50.0 Å². The zero-order valence-corrected chi connectivity index (χ0v) is 28.6. The maximum atomic E-state index is 13.5. The highest BCUT2D eigenvalue weighted by molar-refractivity contribution is 7.90. The van der Waals surface area contributed by atoms with Crippen LogP contribution in [0.25, 0.3) is 0 Å². The van der Waals surface area contributed by atoms with Crippen LogP contribution in [0.1, 0.15) is 81.3 Å². The Morgan fingerprint density at radius 2 is 1.96 bits per heavy atom. The molecular weight excluding hydrogens is 622 g/mol. The van der Waals surface area contributed by atoms with Crippen LogP contribution in [0.3, 0.4) is 0 Å². The van der Waals surface area contributed by atoms with E-state index in [0.29, 0.717) is 36.9 Å². The number of nitrogens with zero attached hydrogens (tertiary/aromatic N) is 2. The first-order valence-electron chi connectivity index (χ1n) is 16.4. The van der Waals surface area contributed by atoms with E-state index in [1.807, 2.05) is 25.1 Å². The summed E-state index contributed by atoms with van der Waals surface area (Å²) in [5.74, 6) is -0.506. The van der Waals surface area contributed by atoms with Gasteiger partial charge >= 0.3 is 0 Å². The van der Waals surface area contributed by atoms with E-state index in [0.717, 1.165) is 37.8 Å². The van der Waals surface area contributed by atoms with Crippen molar-refractivity contribution in [2.75, 3.05) is 24.6 Å². The minimum atomic E-state index is -4.01. The van der Waals surface area contributed by atoms with Gasteiger partial charge in [-0.25, -0.2) is 13.1 Å². The van der Waals surface area contributed by atoms with Crippen molar-refractivity contribution in [1.29, 1.82) is 5.26 Å². The lowest BCUT2D eigenvalue weighted by Crippen LogP contribution is -2.57. The number of hydrogen-bond acceptors (Lipinski definition) is 7. The summed E-state index contributed by atoms with van der Waals surface area (Å²) in [6.45, 7) is 8.60. The Hall–Kier alpha value is -3.06. The van der Waals surface area contributed by atoms with Crippen molar-refractivity contribution in [2.24, 2.45) is 23.2 Å². The number of carbonyl (C=O) groups excluding carboxylic acids is 1. The van der Waals surface area contributed by atoms with Crippen molar-refractivity contribution < 1.29 is 23.1 Å². The van der Waals surface area contributed by atoms with Crippen molar-refractivity contribution in [3.63, 3.8) is 0 Å². The average Bonchev–Trinajstić information content (AvgIpc) is 3.14. The number of halogens is 1. The standard InChI is InChI=1S/C36H44ClN3O5S/c1-23-7-5-16-36(42,34(3,4)20-38)30-12-9-27(30)19-40-21-35(15-6-8-25-17-28(37)11-13-29(25)35)22-45-32-14-10-26(18-31(32)40)33(41)39-46(43,44)24(23)2/h5,10-11,13-14,16-18,23-24,27,30,42H,6-9,12,15,19,21-22H2,1-4H3,(H,39,41)/b16-5+/t23-,24+,27-,30+,35-,36+/m0/s1. The Morgan fingerprint density at radius 1 is 1.17 bits per heavy atom. The Morgan fingerprint density at radius 3 is 2.67 bits per heavy atom. The number of carbonyl (C=O) groups is 1. The molecule has 0 radical (unpaired) electrons.